The Hall–Kier alpha value is -3.35. The van der Waals surface area contributed by atoms with Gasteiger partial charge in [-0.05, 0) is 42.7 Å². The average molecular weight is 379 g/mol. The second-order valence-corrected chi connectivity index (χ2v) is 7.05. The molecule has 2 unspecified atom stereocenters. The highest BCUT2D eigenvalue weighted by Crippen LogP contribution is 2.30. The molecule has 0 radical (unpaired) electrons. The van der Waals surface area contributed by atoms with Crippen molar-refractivity contribution in [2.45, 2.75) is 38.3 Å². The zero-order chi connectivity index (χ0) is 19.7. The molecule has 7 heteroatoms. The average Bonchev–Trinajstić information content (AvgIpc) is 2.68. The molecule has 28 heavy (non-hydrogen) atoms. The zero-order valence-electron chi connectivity index (χ0n) is 15.5. The first kappa shape index (κ1) is 18.0. The van der Waals surface area contributed by atoms with E-state index in [1.807, 2.05) is 31.2 Å². The lowest BCUT2D eigenvalue weighted by Gasteiger charge is -2.26. The van der Waals surface area contributed by atoms with Gasteiger partial charge in [0.05, 0.1) is 18.2 Å². The Bertz CT molecular complexity index is 956. The third-order valence-corrected chi connectivity index (χ3v) is 4.98. The van der Waals surface area contributed by atoms with Crippen molar-refractivity contribution in [3.8, 4) is 5.75 Å². The molecule has 3 N–H and O–H groups in total. The molecule has 0 aromatic heterocycles. The fourth-order valence-electron chi connectivity index (χ4n) is 3.45. The number of hydrogen-bond donors (Lipinski definition) is 3. The maximum absolute atomic E-state index is 12.5. The van der Waals surface area contributed by atoms with Crippen LogP contribution >= 0.6 is 0 Å². The number of ether oxygens (including phenoxy) is 1. The lowest BCUT2D eigenvalue weighted by atomic mass is 9.97. The van der Waals surface area contributed by atoms with Crippen molar-refractivity contribution in [3.63, 3.8) is 0 Å². The smallest absolute Gasteiger partial charge is 0.266 e. The van der Waals surface area contributed by atoms with Crippen molar-refractivity contribution in [1.29, 1.82) is 0 Å². The molecule has 0 spiro atoms. The van der Waals surface area contributed by atoms with E-state index in [2.05, 4.69) is 16.0 Å². The number of hydrogen-bond acceptors (Lipinski definition) is 4. The molecule has 2 aromatic carbocycles. The van der Waals surface area contributed by atoms with E-state index >= 15 is 0 Å². The van der Waals surface area contributed by atoms with Crippen molar-refractivity contribution in [2.75, 3.05) is 10.6 Å². The minimum atomic E-state index is -0.860. The molecule has 7 nitrogen and oxygen atoms in total. The molecule has 0 bridgehead atoms. The zero-order valence-corrected chi connectivity index (χ0v) is 15.5. The molecule has 2 heterocycles. The van der Waals surface area contributed by atoms with Gasteiger partial charge in [-0.15, -0.1) is 0 Å². The normalized spacial score (nSPS) is 18.7. The highest BCUT2D eigenvalue weighted by molar-refractivity contribution is 6.00. The Labute approximate surface area is 162 Å². The Balaban J connectivity index is 1.39. The van der Waals surface area contributed by atoms with Crippen molar-refractivity contribution in [2.24, 2.45) is 0 Å². The summed E-state index contributed by atoms with van der Waals surface area (Å²) in [6.07, 6.45) is 0.226. The van der Waals surface area contributed by atoms with E-state index in [1.165, 1.54) is 0 Å². The summed E-state index contributed by atoms with van der Waals surface area (Å²) in [5.41, 5.74) is 3.44. The molecular formula is C21H21N3O4. The minimum absolute atomic E-state index is 0.0222. The third kappa shape index (κ3) is 3.69. The molecule has 144 valence electrons. The third-order valence-electron chi connectivity index (χ3n) is 4.98. The van der Waals surface area contributed by atoms with Gasteiger partial charge in [-0.25, -0.2) is 0 Å². The fourth-order valence-corrected chi connectivity index (χ4v) is 3.45. The summed E-state index contributed by atoms with van der Waals surface area (Å²) in [5, 5.41) is 8.52. The summed E-state index contributed by atoms with van der Waals surface area (Å²) >= 11 is 0. The van der Waals surface area contributed by atoms with Crippen LogP contribution in [-0.2, 0) is 20.8 Å². The minimum Gasteiger partial charge on any atom is -0.478 e. The van der Waals surface area contributed by atoms with Crippen LogP contribution in [0.5, 0.6) is 5.75 Å². The van der Waals surface area contributed by atoms with Crippen molar-refractivity contribution >= 4 is 29.1 Å². The van der Waals surface area contributed by atoms with E-state index in [0.717, 1.165) is 16.8 Å². The van der Waals surface area contributed by atoms with Crippen molar-refractivity contribution < 1.29 is 19.1 Å². The number of carbonyl (C=O) groups is 3. The highest BCUT2D eigenvalue weighted by Gasteiger charge is 2.30. The first-order valence-corrected chi connectivity index (χ1v) is 9.28. The monoisotopic (exact) mass is 379 g/mol. The number of fused-ring (bicyclic) bond motifs is 2. The van der Waals surface area contributed by atoms with Gasteiger partial charge in [0, 0.05) is 12.1 Å². The predicted molar refractivity (Wildman–Crippen MR) is 104 cm³/mol. The van der Waals surface area contributed by atoms with E-state index in [1.54, 1.807) is 18.2 Å². The first-order valence-electron chi connectivity index (χ1n) is 9.28. The van der Waals surface area contributed by atoms with Crippen LogP contribution in [0, 0.1) is 0 Å². The molecule has 2 atom stereocenters. The van der Waals surface area contributed by atoms with Crippen LogP contribution in [-0.4, -0.2) is 23.8 Å². The van der Waals surface area contributed by atoms with Crippen LogP contribution in [0.4, 0.5) is 11.4 Å². The lowest BCUT2D eigenvalue weighted by molar-refractivity contribution is -0.130. The predicted octanol–water partition coefficient (Wildman–Crippen LogP) is 2.54. The van der Waals surface area contributed by atoms with Gasteiger partial charge < -0.3 is 20.7 Å². The molecule has 3 amide bonds. The number of anilines is 2. The largest absolute Gasteiger partial charge is 0.478 e. The van der Waals surface area contributed by atoms with Crippen LogP contribution in [0.1, 0.15) is 36.9 Å². The Kier molecular flexibility index (Phi) is 4.73. The van der Waals surface area contributed by atoms with Crippen LogP contribution < -0.4 is 20.7 Å². The topological polar surface area (TPSA) is 96.5 Å². The molecule has 2 aliphatic rings. The number of para-hydroxylation sites is 2. The number of rotatable bonds is 4. The van der Waals surface area contributed by atoms with Gasteiger partial charge in [-0.3, -0.25) is 14.4 Å². The van der Waals surface area contributed by atoms with Crippen LogP contribution in [0.15, 0.2) is 42.5 Å². The number of carbonyl (C=O) groups excluding carboxylic acids is 3. The fraction of sp³-hybridized carbons (Fsp3) is 0.286. The Morgan fingerprint density at radius 3 is 2.82 bits per heavy atom. The van der Waals surface area contributed by atoms with Crippen LogP contribution in [0.2, 0.25) is 0 Å². The van der Waals surface area contributed by atoms with Crippen LogP contribution in [0.25, 0.3) is 0 Å². The van der Waals surface area contributed by atoms with Gasteiger partial charge in [-0.2, -0.15) is 0 Å². The summed E-state index contributed by atoms with van der Waals surface area (Å²) < 4.78 is 5.67. The second-order valence-electron chi connectivity index (χ2n) is 7.05. The maximum atomic E-state index is 12.5. The lowest BCUT2D eigenvalue weighted by Crippen LogP contribution is -2.41. The van der Waals surface area contributed by atoms with E-state index in [-0.39, 0.29) is 30.2 Å². The van der Waals surface area contributed by atoms with Gasteiger partial charge >= 0.3 is 0 Å². The van der Waals surface area contributed by atoms with E-state index < -0.39 is 6.10 Å². The summed E-state index contributed by atoms with van der Waals surface area (Å²) in [7, 11) is 0. The maximum Gasteiger partial charge on any atom is 0.266 e. The summed E-state index contributed by atoms with van der Waals surface area (Å²) in [4.78, 5) is 36.1. The van der Waals surface area contributed by atoms with Crippen LogP contribution in [0.3, 0.4) is 0 Å². The SMILES string of the molecule is CC(NC(=O)CC1Oc2ccccc2NC1=O)c1ccc2c(c1)CCC(=O)N2. The Morgan fingerprint density at radius 2 is 1.96 bits per heavy atom. The second kappa shape index (κ2) is 7.34. The van der Waals surface area contributed by atoms with Gasteiger partial charge in [0.25, 0.3) is 5.91 Å². The van der Waals surface area contributed by atoms with Gasteiger partial charge in [0.15, 0.2) is 6.10 Å². The van der Waals surface area contributed by atoms with Gasteiger partial charge in [0.2, 0.25) is 11.8 Å². The summed E-state index contributed by atoms with van der Waals surface area (Å²) in [6, 6.07) is 12.6. The van der Waals surface area contributed by atoms with Gasteiger partial charge in [0.1, 0.15) is 5.75 Å². The number of aryl methyl sites for hydroxylation is 1. The van der Waals surface area contributed by atoms with Crippen molar-refractivity contribution in [1.82, 2.24) is 5.32 Å². The molecular weight excluding hydrogens is 358 g/mol. The van der Waals surface area contributed by atoms with Crippen molar-refractivity contribution in [3.05, 3.63) is 53.6 Å². The van der Waals surface area contributed by atoms with E-state index in [4.69, 9.17) is 4.74 Å². The van der Waals surface area contributed by atoms with E-state index in [0.29, 0.717) is 24.3 Å². The molecule has 2 aliphatic heterocycles. The molecule has 0 fully saturated rings. The molecule has 2 aromatic rings. The number of amides is 3. The molecule has 4 rings (SSSR count). The molecule has 0 saturated heterocycles. The highest BCUT2D eigenvalue weighted by atomic mass is 16.5. The quantitative estimate of drug-likeness (QED) is 0.761. The summed E-state index contributed by atoms with van der Waals surface area (Å²) in [6.45, 7) is 1.89. The molecule has 0 saturated carbocycles. The van der Waals surface area contributed by atoms with Gasteiger partial charge in [-0.1, -0.05) is 24.3 Å². The summed E-state index contributed by atoms with van der Waals surface area (Å²) in [5.74, 6) is -0.0114. The number of nitrogens with one attached hydrogen (secondary N) is 3. The standard InChI is InChI=1S/C21H21N3O4/c1-12(13-6-8-15-14(10-13)7-9-19(25)23-15)22-20(26)11-18-21(27)24-16-4-2-3-5-17(16)28-18/h2-6,8,10,12,18H,7,9,11H2,1H3,(H,22,26)(H,23,25)(H,24,27). The number of benzene rings is 2. The Morgan fingerprint density at radius 1 is 1.14 bits per heavy atom. The van der Waals surface area contributed by atoms with E-state index in [9.17, 15) is 14.4 Å². The first-order chi connectivity index (χ1) is 13.5. The molecule has 0 aliphatic carbocycles.